The standard InChI is InChI=1S/C11H11BrO4/c1-6(2)11(15)16-8-3-7(5-13)10(14)9(12)4-8/h3-6,14H,1-2H3. The van der Waals surface area contributed by atoms with Gasteiger partial charge in [0.2, 0.25) is 0 Å². The van der Waals surface area contributed by atoms with Gasteiger partial charge in [-0.25, -0.2) is 0 Å². The van der Waals surface area contributed by atoms with Crippen molar-refractivity contribution in [2.45, 2.75) is 13.8 Å². The summed E-state index contributed by atoms with van der Waals surface area (Å²) in [5.41, 5.74) is 0.0703. The Kier molecular flexibility index (Phi) is 4.06. The van der Waals surface area contributed by atoms with Crippen molar-refractivity contribution in [3.05, 3.63) is 22.2 Å². The summed E-state index contributed by atoms with van der Waals surface area (Å²) in [6, 6.07) is 2.75. The molecule has 1 aromatic rings. The summed E-state index contributed by atoms with van der Waals surface area (Å²) >= 11 is 3.06. The van der Waals surface area contributed by atoms with E-state index in [4.69, 9.17) is 4.74 Å². The molecule has 16 heavy (non-hydrogen) atoms. The molecule has 4 nitrogen and oxygen atoms in total. The van der Waals surface area contributed by atoms with Gasteiger partial charge in [0.1, 0.15) is 11.5 Å². The molecule has 1 rings (SSSR count). The van der Waals surface area contributed by atoms with Crippen LogP contribution in [0.5, 0.6) is 11.5 Å². The molecule has 0 unspecified atom stereocenters. The molecule has 0 fully saturated rings. The minimum atomic E-state index is -0.394. The molecule has 0 amide bonds. The number of aromatic hydroxyl groups is 1. The molecule has 0 atom stereocenters. The molecule has 0 aliphatic rings. The normalized spacial score (nSPS) is 10.2. The number of aldehydes is 1. The number of phenolic OH excluding ortho intramolecular Hbond substituents is 1. The van der Waals surface area contributed by atoms with Crippen molar-refractivity contribution in [1.29, 1.82) is 0 Å². The number of phenols is 1. The van der Waals surface area contributed by atoms with Gasteiger partial charge in [0.15, 0.2) is 6.29 Å². The summed E-state index contributed by atoms with van der Waals surface area (Å²) in [6.07, 6.45) is 0.493. The van der Waals surface area contributed by atoms with Crippen molar-refractivity contribution < 1.29 is 19.4 Å². The molecular weight excluding hydrogens is 276 g/mol. The van der Waals surface area contributed by atoms with Crippen molar-refractivity contribution in [3.8, 4) is 11.5 Å². The van der Waals surface area contributed by atoms with Crippen LogP contribution in [0, 0.1) is 5.92 Å². The maximum absolute atomic E-state index is 11.3. The number of esters is 1. The van der Waals surface area contributed by atoms with Crippen LogP contribution >= 0.6 is 15.9 Å². The fourth-order valence-electron chi connectivity index (χ4n) is 0.977. The SMILES string of the molecule is CC(C)C(=O)Oc1cc(Br)c(O)c(C=O)c1. The first-order valence-electron chi connectivity index (χ1n) is 4.65. The fraction of sp³-hybridized carbons (Fsp3) is 0.273. The molecule has 0 bridgehead atoms. The van der Waals surface area contributed by atoms with Gasteiger partial charge < -0.3 is 9.84 Å². The van der Waals surface area contributed by atoms with E-state index in [9.17, 15) is 14.7 Å². The Morgan fingerprint density at radius 2 is 2.12 bits per heavy atom. The van der Waals surface area contributed by atoms with Gasteiger partial charge in [-0.05, 0) is 28.1 Å². The van der Waals surface area contributed by atoms with Gasteiger partial charge in [0, 0.05) is 0 Å². The van der Waals surface area contributed by atoms with Crippen molar-refractivity contribution in [2.75, 3.05) is 0 Å². The molecule has 1 aromatic carbocycles. The third-order valence-electron chi connectivity index (χ3n) is 1.88. The second-order valence-corrected chi connectivity index (χ2v) is 4.39. The number of rotatable bonds is 3. The van der Waals surface area contributed by atoms with Crippen LogP contribution in [-0.2, 0) is 4.79 Å². The summed E-state index contributed by atoms with van der Waals surface area (Å²) in [6.45, 7) is 3.41. The largest absolute Gasteiger partial charge is 0.506 e. The van der Waals surface area contributed by atoms with Gasteiger partial charge in [-0.2, -0.15) is 0 Å². The minimum Gasteiger partial charge on any atom is -0.506 e. The molecule has 0 heterocycles. The molecule has 5 heteroatoms. The third-order valence-corrected chi connectivity index (χ3v) is 2.49. The van der Waals surface area contributed by atoms with E-state index in [-0.39, 0.29) is 23.0 Å². The van der Waals surface area contributed by atoms with E-state index in [2.05, 4.69) is 15.9 Å². The molecule has 0 radical (unpaired) electrons. The number of hydrogen-bond acceptors (Lipinski definition) is 4. The fourth-order valence-corrected chi connectivity index (χ4v) is 1.43. The molecular formula is C11H11BrO4. The van der Waals surface area contributed by atoms with Crippen LogP contribution in [0.25, 0.3) is 0 Å². The summed E-state index contributed by atoms with van der Waals surface area (Å²) in [7, 11) is 0. The van der Waals surface area contributed by atoms with Crippen molar-refractivity contribution in [1.82, 2.24) is 0 Å². The van der Waals surface area contributed by atoms with E-state index in [1.165, 1.54) is 12.1 Å². The maximum atomic E-state index is 11.3. The highest BCUT2D eigenvalue weighted by atomic mass is 79.9. The van der Waals surface area contributed by atoms with E-state index < -0.39 is 5.97 Å². The van der Waals surface area contributed by atoms with Crippen LogP contribution in [0.4, 0.5) is 0 Å². The van der Waals surface area contributed by atoms with Gasteiger partial charge in [0.25, 0.3) is 0 Å². The first-order chi connectivity index (χ1) is 7.45. The molecule has 0 spiro atoms. The number of hydrogen-bond donors (Lipinski definition) is 1. The molecule has 0 aliphatic carbocycles. The Bertz CT molecular complexity index is 426. The topological polar surface area (TPSA) is 63.6 Å². The van der Waals surface area contributed by atoms with E-state index in [1.807, 2.05) is 0 Å². The van der Waals surface area contributed by atoms with E-state index in [1.54, 1.807) is 13.8 Å². The number of halogens is 1. The minimum absolute atomic E-state index is 0.0703. The van der Waals surface area contributed by atoms with Crippen LogP contribution in [0.2, 0.25) is 0 Å². The zero-order valence-corrected chi connectivity index (χ0v) is 10.4. The number of carbonyl (C=O) groups is 2. The predicted octanol–water partition coefficient (Wildman–Crippen LogP) is 2.53. The molecule has 0 saturated carbocycles. The third kappa shape index (κ3) is 2.82. The predicted molar refractivity (Wildman–Crippen MR) is 61.7 cm³/mol. The van der Waals surface area contributed by atoms with Gasteiger partial charge in [-0.3, -0.25) is 9.59 Å². The Morgan fingerprint density at radius 3 is 2.62 bits per heavy atom. The van der Waals surface area contributed by atoms with Gasteiger partial charge in [0.05, 0.1) is 16.0 Å². The number of carbonyl (C=O) groups excluding carboxylic acids is 2. The molecule has 0 aliphatic heterocycles. The second-order valence-electron chi connectivity index (χ2n) is 3.54. The quantitative estimate of drug-likeness (QED) is 0.527. The molecule has 86 valence electrons. The van der Waals surface area contributed by atoms with Gasteiger partial charge >= 0.3 is 5.97 Å². The summed E-state index contributed by atoms with van der Waals surface area (Å²) in [5, 5.41) is 9.45. The van der Waals surface area contributed by atoms with Crippen LogP contribution in [0.1, 0.15) is 24.2 Å². The lowest BCUT2D eigenvalue weighted by Gasteiger charge is -2.08. The van der Waals surface area contributed by atoms with Crippen molar-refractivity contribution in [3.63, 3.8) is 0 Å². The first kappa shape index (κ1) is 12.7. The Hall–Kier alpha value is -1.36. The zero-order chi connectivity index (χ0) is 12.3. The van der Waals surface area contributed by atoms with Crippen LogP contribution < -0.4 is 4.74 Å². The zero-order valence-electron chi connectivity index (χ0n) is 8.86. The van der Waals surface area contributed by atoms with Crippen LogP contribution in [0.3, 0.4) is 0 Å². The highest BCUT2D eigenvalue weighted by Crippen LogP contribution is 2.31. The van der Waals surface area contributed by atoms with Crippen LogP contribution in [0.15, 0.2) is 16.6 Å². The maximum Gasteiger partial charge on any atom is 0.313 e. The summed E-state index contributed by atoms with van der Waals surface area (Å²) in [4.78, 5) is 21.9. The molecule has 1 N–H and O–H groups in total. The lowest BCUT2D eigenvalue weighted by Crippen LogP contribution is -2.14. The monoisotopic (exact) mass is 286 g/mol. The lowest BCUT2D eigenvalue weighted by molar-refractivity contribution is -0.137. The summed E-state index contributed by atoms with van der Waals surface area (Å²) in [5.74, 6) is -0.591. The summed E-state index contributed by atoms with van der Waals surface area (Å²) < 4.78 is 5.32. The Morgan fingerprint density at radius 1 is 1.50 bits per heavy atom. The van der Waals surface area contributed by atoms with Crippen molar-refractivity contribution in [2.24, 2.45) is 5.92 Å². The number of benzene rings is 1. The van der Waals surface area contributed by atoms with Gasteiger partial charge in [-0.1, -0.05) is 13.8 Å². The van der Waals surface area contributed by atoms with Crippen LogP contribution in [-0.4, -0.2) is 17.4 Å². The van der Waals surface area contributed by atoms with E-state index in [0.717, 1.165) is 0 Å². The highest BCUT2D eigenvalue weighted by Gasteiger charge is 2.13. The first-order valence-corrected chi connectivity index (χ1v) is 5.44. The Labute approximate surface area is 101 Å². The van der Waals surface area contributed by atoms with Gasteiger partial charge in [-0.15, -0.1) is 0 Å². The van der Waals surface area contributed by atoms with E-state index >= 15 is 0 Å². The number of ether oxygens (including phenoxy) is 1. The average Bonchev–Trinajstić information content (AvgIpc) is 2.22. The Balaban J connectivity index is 3.03. The van der Waals surface area contributed by atoms with E-state index in [0.29, 0.717) is 10.8 Å². The molecule has 0 aromatic heterocycles. The smallest absolute Gasteiger partial charge is 0.313 e. The lowest BCUT2D eigenvalue weighted by atomic mass is 10.2. The van der Waals surface area contributed by atoms with Crippen molar-refractivity contribution >= 4 is 28.2 Å². The average molecular weight is 287 g/mol. The second kappa shape index (κ2) is 5.12. The molecule has 0 saturated heterocycles. The highest BCUT2D eigenvalue weighted by molar-refractivity contribution is 9.10.